The summed E-state index contributed by atoms with van der Waals surface area (Å²) in [5.74, 6) is 0.227. The Morgan fingerprint density at radius 1 is 1.18 bits per heavy atom. The van der Waals surface area contributed by atoms with Crippen LogP contribution in [0.4, 0.5) is 11.5 Å². The first-order chi connectivity index (χ1) is 16.0. The standard InChI is InChI=1S/C22H27N7O4S/c1-13-12-27-20(26-9-8-15-4-6-17(7-5-15)34(24,32)33)22(31)29(13)21-18(23)10-16(14(2)28-21)11-19(30)25-3/h4-7,10,12H,8-9,11,23H2,1-3H3,(H,25,30)(H,26,27)(H2,24,32,33). The lowest BCUT2D eigenvalue weighted by Crippen LogP contribution is -2.28. The number of aromatic nitrogens is 3. The highest BCUT2D eigenvalue weighted by Crippen LogP contribution is 2.20. The highest BCUT2D eigenvalue weighted by Gasteiger charge is 2.16. The average Bonchev–Trinajstić information content (AvgIpc) is 2.78. The second kappa shape index (κ2) is 10.0. The molecule has 0 unspecified atom stereocenters. The summed E-state index contributed by atoms with van der Waals surface area (Å²) >= 11 is 0. The number of amides is 1. The lowest BCUT2D eigenvalue weighted by molar-refractivity contribution is -0.119. The van der Waals surface area contributed by atoms with Crippen LogP contribution in [0.25, 0.3) is 5.82 Å². The van der Waals surface area contributed by atoms with Gasteiger partial charge in [0.15, 0.2) is 11.6 Å². The number of aryl methyl sites for hydroxylation is 2. The monoisotopic (exact) mass is 485 g/mol. The van der Waals surface area contributed by atoms with Gasteiger partial charge in [0.25, 0.3) is 5.56 Å². The van der Waals surface area contributed by atoms with Gasteiger partial charge in [0.2, 0.25) is 15.9 Å². The van der Waals surface area contributed by atoms with Gasteiger partial charge in [0.05, 0.1) is 17.0 Å². The molecular formula is C22H27N7O4S. The molecule has 12 heteroatoms. The zero-order valence-corrected chi connectivity index (χ0v) is 19.9. The molecule has 0 fully saturated rings. The number of benzene rings is 1. The molecule has 0 aliphatic carbocycles. The molecule has 2 heterocycles. The van der Waals surface area contributed by atoms with Gasteiger partial charge in [-0.2, -0.15) is 0 Å². The normalized spacial score (nSPS) is 11.3. The summed E-state index contributed by atoms with van der Waals surface area (Å²) in [6.45, 7) is 3.86. The highest BCUT2D eigenvalue weighted by atomic mass is 32.2. The minimum absolute atomic E-state index is 0.0361. The zero-order valence-electron chi connectivity index (χ0n) is 19.1. The lowest BCUT2D eigenvalue weighted by Gasteiger charge is -2.15. The molecule has 0 spiro atoms. The van der Waals surface area contributed by atoms with E-state index in [1.54, 1.807) is 45.3 Å². The van der Waals surface area contributed by atoms with E-state index in [2.05, 4.69) is 20.6 Å². The smallest absolute Gasteiger partial charge is 0.299 e. The predicted octanol–water partition coefficient (Wildman–Crippen LogP) is 0.417. The number of anilines is 2. The van der Waals surface area contributed by atoms with E-state index in [0.717, 1.165) is 5.56 Å². The van der Waals surface area contributed by atoms with E-state index in [0.29, 0.717) is 29.9 Å². The summed E-state index contributed by atoms with van der Waals surface area (Å²) in [4.78, 5) is 33.6. The fourth-order valence-corrected chi connectivity index (χ4v) is 3.88. The van der Waals surface area contributed by atoms with E-state index in [9.17, 15) is 18.0 Å². The van der Waals surface area contributed by atoms with E-state index in [4.69, 9.17) is 10.9 Å². The van der Waals surface area contributed by atoms with Gasteiger partial charge in [-0.05, 0) is 49.6 Å². The quantitative estimate of drug-likeness (QED) is 0.355. The molecule has 1 amide bonds. The van der Waals surface area contributed by atoms with Gasteiger partial charge in [0, 0.05) is 31.2 Å². The number of sulfonamides is 1. The van der Waals surface area contributed by atoms with Gasteiger partial charge in [-0.15, -0.1) is 0 Å². The molecule has 0 saturated carbocycles. The molecule has 0 aliphatic heterocycles. The first-order valence-corrected chi connectivity index (χ1v) is 12.0. The Balaban J connectivity index is 1.82. The van der Waals surface area contributed by atoms with E-state index in [1.807, 2.05) is 0 Å². The van der Waals surface area contributed by atoms with Crippen LogP contribution in [0.15, 0.2) is 46.2 Å². The molecule has 34 heavy (non-hydrogen) atoms. The number of nitrogen functional groups attached to an aromatic ring is 1. The third kappa shape index (κ3) is 5.58. The van der Waals surface area contributed by atoms with E-state index in [1.165, 1.54) is 16.7 Å². The Bertz CT molecular complexity index is 1380. The minimum Gasteiger partial charge on any atom is -0.396 e. The summed E-state index contributed by atoms with van der Waals surface area (Å²) in [5.41, 5.74) is 8.72. The van der Waals surface area contributed by atoms with Crippen molar-refractivity contribution < 1.29 is 13.2 Å². The number of carbonyl (C=O) groups is 1. The number of likely N-dealkylation sites (N-methyl/N-ethyl adjacent to an activating group) is 1. The number of nitrogens with zero attached hydrogens (tertiary/aromatic N) is 3. The van der Waals surface area contributed by atoms with Crippen LogP contribution in [0.3, 0.4) is 0 Å². The largest absolute Gasteiger partial charge is 0.396 e. The van der Waals surface area contributed by atoms with E-state index in [-0.39, 0.29) is 34.5 Å². The maximum absolute atomic E-state index is 13.2. The molecule has 0 saturated heterocycles. The molecule has 1 aromatic carbocycles. The number of primary sulfonamides is 1. The van der Waals surface area contributed by atoms with Gasteiger partial charge < -0.3 is 16.4 Å². The fraction of sp³-hybridized carbons (Fsp3) is 0.273. The molecule has 0 radical (unpaired) electrons. The van der Waals surface area contributed by atoms with Crippen LogP contribution in [-0.2, 0) is 27.7 Å². The number of nitrogens with one attached hydrogen (secondary N) is 2. The van der Waals surface area contributed by atoms with Crippen molar-refractivity contribution in [3.05, 3.63) is 69.4 Å². The van der Waals surface area contributed by atoms with Gasteiger partial charge in [-0.3, -0.25) is 14.2 Å². The SMILES string of the molecule is CNC(=O)Cc1cc(N)c(-n2c(C)cnc(NCCc3ccc(S(N)(=O)=O)cc3)c2=O)nc1C. The van der Waals surface area contributed by atoms with Crippen molar-refractivity contribution in [2.24, 2.45) is 5.14 Å². The number of pyridine rings is 1. The molecule has 0 bridgehead atoms. The predicted molar refractivity (Wildman–Crippen MR) is 129 cm³/mol. The Kier molecular flexibility index (Phi) is 7.32. The van der Waals surface area contributed by atoms with Crippen LogP contribution >= 0.6 is 0 Å². The number of rotatable bonds is 8. The van der Waals surface area contributed by atoms with Gasteiger partial charge in [-0.1, -0.05) is 12.1 Å². The van der Waals surface area contributed by atoms with Crippen molar-refractivity contribution in [2.45, 2.75) is 31.6 Å². The second-order valence-corrected chi connectivity index (χ2v) is 9.31. The summed E-state index contributed by atoms with van der Waals surface area (Å²) in [6.07, 6.45) is 2.20. The number of hydrogen-bond acceptors (Lipinski definition) is 8. The van der Waals surface area contributed by atoms with Crippen LogP contribution in [-0.4, -0.2) is 42.5 Å². The third-order valence-corrected chi connectivity index (χ3v) is 6.19. The summed E-state index contributed by atoms with van der Waals surface area (Å²) < 4.78 is 24.1. The summed E-state index contributed by atoms with van der Waals surface area (Å²) in [7, 11) is -2.19. The average molecular weight is 486 g/mol. The van der Waals surface area contributed by atoms with Crippen molar-refractivity contribution >= 4 is 27.4 Å². The first-order valence-electron chi connectivity index (χ1n) is 10.4. The van der Waals surface area contributed by atoms with Gasteiger partial charge in [0.1, 0.15) is 0 Å². The molecule has 0 aliphatic rings. The van der Waals surface area contributed by atoms with Crippen molar-refractivity contribution in [2.75, 3.05) is 24.6 Å². The topological polar surface area (TPSA) is 175 Å². The number of carbonyl (C=O) groups excluding carboxylic acids is 1. The Labute approximate surface area is 197 Å². The Hall–Kier alpha value is -3.77. The second-order valence-electron chi connectivity index (χ2n) is 7.75. The van der Waals surface area contributed by atoms with Crippen LogP contribution in [0.2, 0.25) is 0 Å². The van der Waals surface area contributed by atoms with Crippen LogP contribution in [0, 0.1) is 13.8 Å². The Morgan fingerprint density at radius 2 is 1.85 bits per heavy atom. The van der Waals surface area contributed by atoms with Crippen molar-refractivity contribution in [3.8, 4) is 5.82 Å². The molecule has 180 valence electrons. The van der Waals surface area contributed by atoms with Gasteiger partial charge >= 0.3 is 0 Å². The third-order valence-electron chi connectivity index (χ3n) is 5.26. The minimum atomic E-state index is -3.75. The van der Waals surface area contributed by atoms with Crippen LogP contribution in [0.5, 0.6) is 0 Å². The molecule has 0 atom stereocenters. The fourth-order valence-electron chi connectivity index (χ4n) is 3.36. The van der Waals surface area contributed by atoms with Crippen LogP contribution in [0.1, 0.15) is 22.5 Å². The Morgan fingerprint density at radius 3 is 2.47 bits per heavy atom. The molecular weight excluding hydrogens is 458 g/mol. The van der Waals surface area contributed by atoms with Crippen molar-refractivity contribution in [1.29, 1.82) is 0 Å². The first kappa shape index (κ1) is 24.9. The molecule has 3 aromatic rings. The number of hydrogen-bond donors (Lipinski definition) is 4. The van der Waals surface area contributed by atoms with Crippen molar-refractivity contribution in [3.63, 3.8) is 0 Å². The zero-order chi connectivity index (χ0) is 25.0. The maximum Gasteiger partial charge on any atom is 0.299 e. The van der Waals surface area contributed by atoms with Gasteiger partial charge in [-0.25, -0.2) is 23.5 Å². The van der Waals surface area contributed by atoms with E-state index < -0.39 is 15.6 Å². The van der Waals surface area contributed by atoms with E-state index >= 15 is 0 Å². The maximum atomic E-state index is 13.2. The molecule has 2 aromatic heterocycles. The van der Waals surface area contributed by atoms with Crippen molar-refractivity contribution in [1.82, 2.24) is 19.9 Å². The van der Waals surface area contributed by atoms with Crippen LogP contribution < -0.4 is 27.1 Å². The molecule has 6 N–H and O–H groups in total. The molecule has 3 rings (SSSR count). The summed E-state index contributed by atoms with van der Waals surface area (Å²) in [5, 5.41) is 10.7. The highest BCUT2D eigenvalue weighted by molar-refractivity contribution is 7.89. The lowest BCUT2D eigenvalue weighted by atomic mass is 10.1. The number of nitrogens with two attached hydrogens (primary N) is 2. The summed E-state index contributed by atoms with van der Waals surface area (Å²) in [6, 6.07) is 7.85. The molecule has 11 nitrogen and oxygen atoms in total.